The standard InChI is InChI=1S/C24H38F2O3/c1-7-9-10-20-13-14-21(29-15-20)16-28-18(4)12-11-17(3)22(8-2)24(26)23(25)19(5)27-6/h11-12,20-21H,7-10,13-16H2,1-6H3/b17-11+,18-12+,23-19-,24-22-. The molecule has 1 saturated heterocycles. The Morgan fingerprint density at radius 2 is 1.79 bits per heavy atom. The van der Waals surface area contributed by atoms with Crippen LogP contribution in [0.15, 0.2) is 46.5 Å². The van der Waals surface area contributed by atoms with Gasteiger partial charge in [0.25, 0.3) is 0 Å². The van der Waals surface area contributed by atoms with Crippen molar-refractivity contribution in [2.45, 2.75) is 79.2 Å². The fourth-order valence-corrected chi connectivity index (χ4v) is 3.31. The third-order valence-electron chi connectivity index (χ3n) is 5.40. The van der Waals surface area contributed by atoms with Crippen LogP contribution in [0.5, 0.6) is 0 Å². The number of halogens is 2. The lowest BCUT2D eigenvalue weighted by atomic mass is 9.94. The van der Waals surface area contributed by atoms with Crippen molar-refractivity contribution in [1.29, 1.82) is 0 Å². The van der Waals surface area contributed by atoms with E-state index in [0.29, 0.717) is 30.1 Å². The summed E-state index contributed by atoms with van der Waals surface area (Å²) in [6.45, 7) is 10.4. The number of ether oxygens (including phenoxy) is 3. The van der Waals surface area contributed by atoms with Crippen molar-refractivity contribution in [3.05, 3.63) is 46.5 Å². The van der Waals surface area contributed by atoms with Gasteiger partial charge in [0.15, 0.2) is 11.7 Å². The zero-order valence-electron chi connectivity index (χ0n) is 18.9. The van der Waals surface area contributed by atoms with Gasteiger partial charge in [-0.3, -0.25) is 0 Å². The highest BCUT2D eigenvalue weighted by molar-refractivity contribution is 5.40. The van der Waals surface area contributed by atoms with Gasteiger partial charge in [0.2, 0.25) is 0 Å². The lowest BCUT2D eigenvalue weighted by Gasteiger charge is -2.29. The summed E-state index contributed by atoms with van der Waals surface area (Å²) in [7, 11) is 1.32. The van der Waals surface area contributed by atoms with Crippen molar-refractivity contribution in [3.8, 4) is 0 Å². The smallest absolute Gasteiger partial charge is 0.196 e. The first-order valence-corrected chi connectivity index (χ1v) is 10.7. The average Bonchev–Trinajstić information content (AvgIpc) is 2.74. The van der Waals surface area contributed by atoms with Crippen LogP contribution in [0.25, 0.3) is 0 Å². The molecule has 0 aromatic rings. The molecule has 0 spiro atoms. The quantitative estimate of drug-likeness (QED) is 0.263. The lowest BCUT2D eigenvalue weighted by molar-refractivity contribution is -0.0507. The predicted molar refractivity (Wildman–Crippen MR) is 115 cm³/mol. The highest BCUT2D eigenvalue weighted by Crippen LogP contribution is 2.28. The molecule has 3 nitrogen and oxygen atoms in total. The number of methoxy groups -OCH3 is 1. The summed E-state index contributed by atoms with van der Waals surface area (Å²) in [6.07, 6.45) is 10.0. The molecule has 1 heterocycles. The molecule has 1 fully saturated rings. The van der Waals surface area contributed by atoms with Gasteiger partial charge in [-0.05, 0) is 69.6 Å². The Bertz CT molecular complexity index is 624. The largest absolute Gasteiger partial charge is 0.498 e. The van der Waals surface area contributed by atoms with E-state index in [1.165, 1.54) is 39.7 Å². The third kappa shape index (κ3) is 8.73. The van der Waals surface area contributed by atoms with Crippen molar-refractivity contribution in [2.75, 3.05) is 20.3 Å². The summed E-state index contributed by atoms with van der Waals surface area (Å²) >= 11 is 0. The number of allylic oxidation sites excluding steroid dienone is 8. The second-order valence-corrected chi connectivity index (χ2v) is 7.70. The lowest BCUT2D eigenvalue weighted by Crippen LogP contribution is -2.29. The van der Waals surface area contributed by atoms with Crippen LogP contribution >= 0.6 is 0 Å². The summed E-state index contributed by atoms with van der Waals surface area (Å²) < 4.78 is 45.0. The van der Waals surface area contributed by atoms with Gasteiger partial charge in [0, 0.05) is 6.61 Å². The van der Waals surface area contributed by atoms with Crippen molar-refractivity contribution in [3.63, 3.8) is 0 Å². The van der Waals surface area contributed by atoms with E-state index in [9.17, 15) is 8.78 Å². The monoisotopic (exact) mass is 412 g/mol. The predicted octanol–water partition coefficient (Wildman–Crippen LogP) is 7.32. The summed E-state index contributed by atoms with van der Waals surface area (Å²) in [6, 6.07) is 0. The van der Waals surface area contributed by atoms with Gasteiger partial charge in [-0.25, -0.2) is 8.78 Å². The van der Waals surface area contributed by atoms with Crippen LogP contribution in [0.1, 0.15) is 73.1 Å². The molecule has 29 heavy (non-hydrogen) atoms. The van der Waals surface area contributed by atoms with E-state index in [-0.39, 0.29) is 11.9 Å². The molecular weight excluding hydrogens is 374 g/mol. The Hall–Kier alpha value is -1.62. The van der Waals surface area contributed by atoms with Gasteiger partial charge < -0.3 is 14.2 Å². The van der Waals surface area contributed by atoms with Crippen molar-refractivity contribution >= 4 is 0 Å². The molecule has 0 bridgehead atoms. The fourth-order valence-electron chi connectivity index (χ4n) is 3.31. The molecule has 5 heteroatoms. The Kier molecular flexibility index (Phi) is 11.9. The number of unbranched alkanes of at least 4 members (excludes halogenated alkanes) is 1. The maximum atomic E-state index is 14.4. The number of hydrogen-bond acceptors (Lipinski definition) is 3. The van der Waals surface area contributed by atoms with E-state index in [1.54, 1.807) is 26.0 Å². The topological polar surface area (TPSA) is 27.7 Å². The molecule has 2 unspecified atom stereocenters. The Morgan fingerprint density at radius 1 is 1.07 bits per heavy atom. The van der Waals surface area contributed by atoms with Gasteiger partial charge in [-0.15, -0.1) is 0 Å². The molecule has 0 amide bonds. The zero-order chi connectivity index (χ0) is 21.8. The zero-order valence-corrected chi connectivity index (χ0v) is 18.9. The highest BCUT2D eigenvalue weighted by atomic mass is 19.2. The maximum Gasteiger partial charge on any atom is 0.196 e. The van der Waals surface area contributed by atoms with Gasteiger partial charge in [-0.2, -0.15) is 0 Å². The molecule has 0 aromatic heterocycles. The Labute approximate surface area is 175 Å². The molecule has 1 aliphatic rings. The second-order valence-electron chi connectivity index (χ2n) is 7.70. The van der Waals surface area contributed by atoms with Crippen LogP contribution in [0.4, 0.5) is 8.78 Å². The minimum absolute atomic E-state index is 0.0688. The summed E-state index contributed by atoms with van der Waals surface area (Å²) in [4.78, 5) is 0. The summed E-state index contributed by atoms with van der Waals surface area (Å²) in [5, 5.41) is 0. The van der Waals surface area contributed by atoms with Crippen LogP contribution < -0.4 is 0 Å². The van der Waals surface area contributed by atoms with Crippen LogP contribution in [0.2, 0.25) is 0 Å². The van der Waals surface area contributed by atoms with Gasteiger partial charge in [0.1, 0.15) is 12.4 Å². The van der Waals surface area contributed by atoms with Crippen molar-refractivity contribution < 1.29 is 23.0 Å². The molecule has 0 radical (unpaired) electrons. The van der Waals surface area contributed by atoms with Gasteiger partial charge >= 0.3 is 0 Å². The van der Waals surface area contributed by atoms with Crippen LogP contribution in [0.3, 0.4) is 0 Å². The molecular formula is C24H38F2O3. The molecule has 1 aliphatic heterocycles. The molecule has 1 rings (SSSR count). The SMILES string of the molecule is CCCCC1CCC(CO/C(C)=C/C=C(C)/C(CC)=C(F)/C(F)=C(\C)OC)OC1. The van der Waals surface area contributed by atoms with Gasteiger partial charge in [0.05, 0.1) is 19.0 Å². The van der Waals surface area contributed by atoms with E-state index in [2.05, 4.69) is 6.92 Å². The first-order chi connectivity index (χ1) is 13.8. The molecule has 0 aromatic carbocycles. The molecule has 0 N–H and O–H groups in total. The number of hydrogen-bond donors (Lipinski definition) is 0. The first kappa shape index (κ1) is 25.4. The van der Waals surface area contributed by atoms with E-state index < -0.39 is 11.7 Å². The summed E-state index contributed by atoms with van der Waals surface area (Å²) in [5.41, 5.74) is 0.969. The maximum absolute atomic E-state index is 14.4. The second kappa shape index (κ2) is 13.6. The van der Waals surface area contributed by atoms with E-state index in [1.807, 2.05) is 6.92 Å². The van der Waals surface area contributed by atoms with E-state index >= 15 is 0 Å². The average molecular weight is 413 g/mol. The minimum atomic E-state index is -0.958. The fraction of sp³-hybridized carbons (Fsp3) is 0.667. The highest BCUT2D eigenvalue weighted by Gasteiger charge is 2.21. The molecule has 0 aliphatic carbocycles. The normalized spacial score (nSPS) is 22.8. The van der Waals surface area contributed by atoms with Crippen molar-refractivity contribution in [2.24, 2.45) is 5.92 Å². The van der Waals surface area contributed by atoms with E-state index in [0.717, 1.165) is 18.8 Å². The molecule has 166 valence electrons. The Morgan fingerprint density at radius 3 is 2.34 bits per heavy atom. The van der Waals surface area contributed by atoms with Crippen LogP contribution in [0, 0.1) is 5.92 Å². The van der Waals surface area contributed by atoms with E-state index in [4.69, 9.17) is 14.2 Å². The molecule has 2 atom stereocenters. The molecule has 0 saturated carbocycles. The number of rotatable bonds is 11. The van der Waals surface area contributed by atoms with Gasteiger partial charge in [-0.1, -0.05) is 32.8 Å². The van der Waals surface area contributed by atoms with Crippen LogP contribution in [-0.2, 0) is 14.2 Å². The minimum Gasteiger partial charge on any atom is -0.498 e. The van der Waals surface area contributed by atoms with Crippen molar-refractivity contribution in [1.82, 2.24) is 0 Å². The Balaban J connectivity index is 2.63. The first-order valence-electron chi connectivity index (χ1n) is 10.7. The van der Waals surface area contributed by atoms with Crippen LogP contribution in [-0.4, -0.2) is 26.4 Å². The third-order valence-corrected chi connectivity index (χ3v) is 5.40. The summed E-state index contributed by atoms with van der Waals surface area (Å²) in [5.74, 6) is -0.498.